The van der Waals surface area contributed by atoms with Crippen molar-refractivity contribution in [2.45, 2.75) is 20.3 Å². The molecule has 0 unspecified atom stereocenters. The van der Waals surface area contributed by atoms with Gasteiger partial charge in [0.1, 0.15) is 5.75 Å². The molecule has 0 spiro atoms. The Morgan fingerprint density at radius 3 is 2.62 bits per heavy atom. The summed E-state index contributed by atoms with van der Waals surface area (Å²) in [5.74, 6) is 0.868. The van der Waals surface area contributed by atoms with E-state index < -0.39 is 0 Å². The Hall–Kier alpha value is -3.41. The van der Waals surface area contributed by atoms with Crippen LogP contribution < -0.4 is 0 Å². The minimum absolute atomic E-state index is 0.0717. The van der Waals surface area contributed by atoms with E-state index in [-0.39, 0.29) is 12.2 Å². The van der Waals surface area contributed by atoms with E-state index in [9.17, 15) is 9.90 Å². The molecule has 1 aromatic carbocycles. The second-order valence-corrected chi connectivity index (χ2v) is 6.24. The minimum atomic E-state index is -0.163. The topological polar surface area (TPSA) is 80.6 Å². The molecule has 0 atom stereocenters. The number of pyridine rings is 1. The molecule has 3 heterocycles. The third-order valence-corrected chi connectivity index (χ3v) is 4.31. The number of rotatable bonds is 4. The first kappa shape index (κ1) is 16.1. The number of benzene rings is 1. The van der Waals surface area contributed by atoms with Gasteiger partial charge in [-0.25, -0.2) is 9.50 Å². The third-order valence-electron chi connectivity index (χ3n) is 4.31. The number of nitrogens with zero attached hydrogens (tertiary/aromatic N) is 3. The van der Waals surface area contributed by atoms with Crippen molar-refractivity contribution >= 4 is 11.4 Å². The monoisotopic (exact) mass is 347 g/mol. The summed E-state index contributed by atoms with van der Waals surface area (Å²) in [6.45, 7) is 3.72. The number of furan rings is 1. The first-order valence-corrected chi connectivity index (χ1v) is 8.25. The van der Waals surface area contributed by atoms with Gasteiger partial charge in [-0.3, -0.25) is 4.79 Å². The molecule has 0 aliphatic carbocycles. The van der Waals surface area contributed by atoms with Crippen LogP contribution in [0.3, 0.4) is 0 Å². The molecular weight excluding hydrogens is 330 g/mol. The minimum Gasteiger partial charge on any atom is -0.507 e. The average Bonchev–Trinajstić information content (AvgIpc) is 3.28. The van der Waals surface area contributed by atoms with E-state index in [4.69, 9.17) is 4.42 Å². The van der Waals surface area contributed by atoms with Gasteiger partial charge in [0, 0.05) is 5.56 Å². The molecule has 1 N–H and O–H groups in total. The van der Waals surface area contributed by atoms with Crippen molar-refractivity contribution in [2.24, 2.45) is 0 Å². The Morgan fingerprint density at radius 1 is 1.15 bits per heavy atom. The molecule has 6 heteroatoms. The number of aromatic hydroxyl groups is 1. The highest BCUT2D eigenvalue weighted by atomic mass is 16.3. The van der Waals surface area contributed by atoms with Gasteiger partial charge < -0.3 is 9.52 Å². The fourth-order valence-corrected chi connectivity index (χ4v) is 3.01. The normalized spacial score (nSPS) is 11.2. The van der Waals surface area contributed by atoms with Crippen LogP contribution in [-0.2, 0) is 6.42 Å². The smallest absolute Gasteiger partial charge is 0.205 e. The van der Waals surface area contributed by atoms with Gasteiger partial charge >= 0.3 is 0 Å². The molecule has 0 aliphatic rings. The highest BCUT2D eigenvalue weighted by Crippen LogP contribution is 2.29. The van der Waals surface area contributed by atoms with E-state index in [1.54, 1.807) is 16.6 Å². The van der Waals surface area contributed by atoms with Crippen molar-refractivity contribution in [1.82, 2.24) is 14.6 Å². The number of ketones is 1. The van der Waals surface area contributed by atoms with E-state index in [1.165, 1.54) is 6.26 Å². The molecule has 0 fully saturated rings. The Kier molecular flexibility index (Phi) is 3.80. The zero-order chi connectivity index (χ0) is 18.3. The summed E-state index contributed by atoms with van der Waals surface area (Å²) in [7, 11) is 0. The summed E-state index contributed by atoms with van der Waals surface area (Å²) in [5.41, 5.74) is 4.03. The van der Waals surface area contributed by atoms with Crippen molar-refractivity contribution < 1.29 is 14.3 Å². The zero-order valence-corrected chi connectivity index (χ0v) is 14.4. The number of fused-ring (bicyclic) bond motifs is 1. The van der Waals surface area contributed by atoms with Gasteiger partial charge in [0.15, 0.2) is 17.2 Å². The largest absolute Gasteiger partial charge is 0.507 e. The lowest BCUT2D eigenvalue weighted by molar-refractivity contribution is 0.0964. The number of phenols is 1. The van der Waals surface area contributed by atoms with Crippen molar-refractivity contribution in [3.05, 3.63) is 71.4 Å². The average molecular weight is 347 g/mol. The zero-order valence-electron chi connectivity index (χ0n) is 14.4. The molecule has 4 rings (SSSR count). The Labute approximate surface area is 149 Å². The predicted molar refractivity (Wildman–Crippen MR) is 96.3 cm³/mol. The number of aromatic nitrogens is 3. The highest BCUT2D eigenvalue weighted by Gasteiger charge is 2.15. The second-order valence-electron chi connectivity index (χ2n) is 6.24. The second kappa shape index (κ2) is 6.15. The molecule has 0 aliphatic heterocycles. The fraction of sp³-hybridized carbons (Fsp3) is 0.150. The maximum absolute atomic E-state index is 12.2. The van der Waals surface area contributed by atoms with Crippen LogP contribution >= 0.6 is 0 Å². The molecule has 0 radical (unpaired) electrons. The highest BCUT2D eigenvalue weighted by molar-refractivity contribution is 5.94. The van der Waals surface area contributed by atoms with Crippen molar-refractivity contribution in [3.63, 3.8) is 0 Å². The fourth-order valence-electron chi connectivity index (χ4n) is 3.01. The van der Waals surface area contributed by atoms with Crippen LogP contribution in [0.1, 0.15) is 27.5 Å². The molecule has 0 bridgehead atoms. The van der Waals surface area contributed by atoms with Gasteiger partial charge in [-0.1, -0.05) is 6.07 Å². The molecule has 0 amide bonds. The number of hydrogen-bond donors (Lipinski definition) is 1. The number of aryl methyl sites for hydroxylation is 2. The van der Waals surface area contributed by atoms with E-state index in [1.807, 2.05) is 44.2 Å². The summed E-state index contributed by atoms with van der Waals surface area (Å²) in [5, 5.41) is 14.5. The lowest BCUT2D eigenvalue weighted by Crippen LogP contribution is -2.04. The third kappa shape index (κ3) is 2.75. The first-order valence-electron chi connectivity index (χ1n) is 8.25. The molecule has 0 saturated carbocycles. The van der Waals surface area contributed by atoms with Gasteiger partial charge in [0.05, 0.1) is 18.4 Å². The number of carbonyl (C=O) groups is 1. The molecule has 130 valence electrons. The van der Waals surface area contributed by atoms with Crippen molar-refractivity contribution in [1.29, 1.82) is 0 Å². The van der Waals surface area contributed by atoms with Crippen LogP contribution in [0, 0.1) is 13.8 Å². The predicted octanol–water partition coefficient (Wildman–Crippen LogP) is 3.74. The van der Waals surface area contributed by atoms with Crippen LogP contribution in [0.15, 0.2) is 53.1 Å². The van der Waals surface area contributed by atoms with E-state index in [2.05, 4.69) is 10.1 Å². The molecule has 4 aromatic rings. The Balaban J connectivity index is 1.76. The molecule has 6 nitrogen and oxygen atoms in total. The van der Waals surface area contributed by atoms with Crippen LogP contribution in [0.2, 0.25) is 0 Å². The van der Waals surface area contributed by atoms with E-state index >= 15 is 0 Å². The van der Waals surface area contributed by atoms with Crippen molar-refractivity contribution in [2.75, 3.05) is 0 Å². The maximum atomic E-state index is 12.2. The standard InChI is InChI=1S/C20H17N3O3/c1-12-9-14(10-13(2)20(12)25)15-5-3-7-19-21-18(22-23(15)19)11-16(24)17-6-4-8-26-17/h3-10,25H,11H2,1-2H3. The summed E-state index contributed by atoms with van der Waals surface area (Å²) in [6.07, 6.45) is 1.54. The number of hydrogen-bond acceptors (Lipinski definition) is 5. The van der Waals surface area contributed by atoms with Crippen LogP contribution in [0.25, 0.3) is 16.9 Å². The van der Waals surface area contributed by atoms with Gasteiger partial charge in [0.2, 0.25) is 5.78 Å². The Bertz CT molecular complexity index is 1090. The molecule has 0 saturated heterocycles. The van der Waals surface area contributed by atoms with Crippen molar-refractivity contribution in [3.8, 4) is 17.0 Å². The first-order chi connectivity index (χ1) is 12.5. The van der Waals surface area contributed by atoms with Gasteiger partial charge in [-0.2, -0.15) is 5.10 Å². The number of carbonyl (C=O) groups excluding carboxylic acids is 1. The van der Waals surface area contributed by atoms with Gasteiger partial charge in [0.25, 0.3) is 0 Å². The molecule has 26 heavy (non-hydrogen) atoms. The van der Waals surface area contributed by atoms with Gasteiger partial charge in [-0.05, 0) is 61.4 Å². The van der Waals surface area contributed by atoms with Crippen LogP contribution in [0.5, 0.6) is 5.75 Å². The van der Waals surface area contributed by atoms with Crippen LogP contribution in [-0.4, -0.2) is 25.5 Å². The molecule has 3 aromatic heterocycles. The SMILES string of the molecule is Cc1cc(-c2cccc3nc(CC(=O)c4ccco4)nn23)cc(C)c1O. The summed E-state index contributed by atoms with van der Waals surface area (Å²) < 4.78 is 6.85. The summed E-state index contributed by atoms with van der Waals surface area (Å²) in [6, 6.07) is 12.8. The lowest BCUT2D eigenvalue weighted by atomic mass is 10.0. The van der Waals surface area contributed by atoms with E-state index in [0.29, 0.717) is 23.0 Å². The van der Waals surface area contributed by atoms with Gasteiger partial charge in [-0.15, -0.1) is 0 Å². The number of phenolic OH excluding ortho intramolecular Hbond substituents is 1. The molecular formula is C20H17N3O3. The summed E-state index contributed by atoms with van der Waals surface area (Å²) >= 11 is 0. The van der Waals surface area contributed by atoms with Crippen LogP contribution in [0.4, 0.5) is 0 Å². The Morgan fingerprint density at radius 2 is 1.92 bits per heavy atom. The lowest BCUT2D eigenvalue weighted by Gasteiger charge is -2.09. The summed E-state index contributed by atoms with van der Waals surface area (Å²) in [4.78, 5) is 16.7. The van der Waals surface area contributed by atoms with E-state index in [0.717, 1.165) is 22.4 Å². The maximum Gasteiger partial charge on any atom is 0.205 e. The number of Topliss-reactive ketones (excluding diaryl/α,β-unsaturated/α-hetero) is 1. The quantitative estimate of drug-likeness (QED) is 0.569.